The lowest BCUT2D eigenvalue weighted by Crippen LogP contribution is -2.15. The zero-order valence-electron chi connectivity index (χ0n) is 11.5. The predicted octanol–water partition coefficient (Wildman–Crippen LogP) is 3.28. The van der Waals surface area contributed by atoms with Gasteiger partial charge >= 0.3 is 0 Å². The first-order chi connectivity index (χ1) is 8.97. The van der Waals surface area contributed by atoms with Crippen LogP contribution in [0.3, 0.4) is 0 Å². The van der Waals surface area contributed by atoms with Crippen molar-refractivity contribution in [2.75, 3.05) is 11.9 Å². The van der Waals surface area contributed by atoms with Gasteiger partial charge in [-0.1, -0.05) is 20.8 Å². The largest absolute Gasteiger partial charge is 0.369 e. The molecule has 0 saturated heterocycles. The number of nitrogens with zero attached hydrogens (tertiary/aromatic N) is 2. The number of fused-ring (bicyclic) bond motifs is 1. The van der Waals surface area contributed by atoms with Crippen LogP contribution in [0.2, 0.25) is 0 Å². The van der Waals surface area contributed by atoms with Crippen LogP contribution < -0.4 is 5.32 Å². The maximum atomic E-state index is 13.0. The first kappa shape index (κ1) is 12.2. The molecule has 1 aromatic heterocycles. The number of rotatable bonds is 1. The van der Waals surface area contributed by atoms with Crippen LogP contribution in [0.25, 0.3) is 5.69 Å². The number of benzene rings is 1. The minimum Gasteiger partial charge on any atom is -0.369 e. The average Bonchev–Trinajstić information content (AvgIpc) is 2.89. The molecule has 100 valence electrons. The number of aromatic nitrogens is 2. The summed E-state index contributed by atoms with van der Waals surface area (Å²) in [6, 6.07) is 6.45. The van der Waals surface area contributed by atoms with Gasteiger partial charge in [0.2, 0.25) is 0 Å². The molecule has 1 aliphatic heterocycles. The Morgan fingerprint density at radius 1 is 1.21 bits per heavy atom. The van der Waals surface area contributed by atoms with Crippen molar-refractivity contribution in [1.82, 2.24) is 9.78 Å². The summed E-state index contributed by atoms with van der Waals surface area (Å²) in [6.45, 7) is 7.45. The highest BCUT2D eigenvalue weighted by molar-refractivity contribution is 5.58. The molecule has 4 heteroatoms. The fourth-order valence-corrected chi connectivity index (χ4v) is 2.55. The van der Waals surface area contributed by atoms with Crippen LogP contribution in [0.5, 0.6) is 0 Å². The van der Waals surface area contributed by atoms with Crippen LogP contribution in [-0.2, 0) is 11.8 Å². The van der Waals surface area contributed by atoms with E-state index in [0.29, 0.717) is 0 Å². The maximum absolute atomic E-state index is 13.0. The molecular weight excluding hydrogens is 241 g/mol. The normalized spacial score (nSPS) is 14.3. The molecule has 1 aromatic carbocycles. The Morgan fingerprint density at radius 2 is 1.89 bits per heavy atom. The highest BCUT2D eigenvalue weighted by Gasteiger charge is 2.29. The van der Waals surface area contributed by atoms with E-state index in [1.807, 2.05) is 4.68 Å². The zero-order chi connectivity index (χ0) is 13.6. The Balaban J connectivity index is 2.15. The molecule has 1 aliphatic rings. The minimum absolute atomic E-state index is 0.0153. The average molecular weight is 259 g/mol. The van der Waals surface area contributed by atoms with Gasteiger partial charge in [-0.25, -0.2) is 9.07 Å². The van der Waals surface area contributed by atoms with Gasteiger partial charge in [0.15, 0.2) is 0 Å². The minimum atomic E-state index is -0.225. The molecule has 0 amide bonds. The summed E-state index contributed by atoms with van der Waals surface area (Å²) in [6.07, 6.45) is 1.00. The number of hydrogen-bond acceptors (Lipinski definition) is 2. The van der Waals surface area contributed by atoms with Gasteiger partial charge in [-0.2, -0.15) is 5.10 Å². The van der Waals surface area contributed by atoms with Crippen LogP contribution in [0.15, 0.2) is 24.3 Å². The second-order valence-electron chi connectivity index (χ2n) is 5.99. The highest BCUT2D eigenvalue weighted by atomic mass is 19.1. The topological polar surface area (TPSA) is 29.9 Å². The lowest BCUT2D eigenvalue weighted by Gasteiger charge is -2.16. The van der Waals surface area contributed by atoms with Gasteiger partial charge < -0.3 is 5.32 Å². The summed E-state index contributed by atoms with van der Waals surface area (Å²) in [4.78, 5) is 0. The molecule has 0 bridgehead atoms. The van der Waals surface area contributed by atoms with Crippen LogP contribution in [0.1, 0.15) is 32.0 Å². The highest BCUT2D eigenvalue weighted by Crippen LogP contribution is 2.34. The second kappa shape index (κ2) is 4.08. The summed E-state index contributed by atoms with van der Waals surface area (Å²) in [5.41, 5.74) is 3.32. The van der Waals surface area contributed by atoms with Crippen molar-refractivity contribution in [2.45, 2.75) is 32.6 Å². The number of hydrogen-bond donors (Lipinski definition) is 1. The first-order valence-corrected chi connectivity index (χ1v) is 6.59. The van der Waals surface area contributed by atoms with E-state index in [-0.39, 0.29) is 11.2 Å². The quantitative estimate of drug-likeness (QED) is 0.851. The Labute approximate surface area is 112 Å². The molecule has 0 fully saturated rings. The summed E-state index contributed by atoms with van der Waals surface area (Å²) in [5.74, 6) is 0.827. The van der Waals surface area contributed by atoms with Crippen molar-refractivity contribution in [3.63, 3.8) is 0 Å². The van der Waals surface area contributed by atoms with Crippen molar-refractivity contribution in [2.24, 2.45) is 0 Å². The first-order valence-electron chi connectivity index (χ1n) is 6.59. The van der Waals surface area contributed by atoms with Gasteiger partial charge in [-0.05, 0) is 30.7 Å². The fraction of sp³-hybridized carbons (Fsp3) is 0.400. The van der Waals surface area contributed by atoms with Gasteiger partial charge in [0, 0.05) is 17.5 Å². The number of anilines is 1. The second-order valence-corrected chi connectivity index (χ2v) is 5.99. The zero-order valence-corrected chi connectivity index (χ0v) is 11.5. The third-order valence-electron chi connectivity index (χ3n) is 3.43. The summed E-state index contributed by atoms with van der Waals surface area (Å²) >= 11 is 0. The molecule has 3 rings (SSSR count). The third kappa shape index (κ3) is 2.01. The molecule has 1 N–H and O–H groups in total. The Bertz CT molecular complexity index is 606. The smallest absolute Gasteiger partial charge is 0.133 e. The van der Waals surface area contributed by atoms with Crippen molar-refractivity contribution in [1.29, 1.82) is 0 Å². The van der Waals surface area contributed by atoms with Crippen LogP contribution in [-0.4, -0.2) is 16.3 Å². The van der Waals surface area contributed by atoms with Gasteiger partial charge in [-0.15, -0.1) is 0 Å². The molecular formula is C15H18FN3. The van der Waals surface area contributed by atoms with Crippen LogP contribution in [0.4, 0.5) is 10.2 Å². The molecule has 2 aromatic rings. The molecule has 0 aliphatic carbocycles. The SMILES string of the molecule is CC(C)(C)c1nn(-c2ccc(F)cc2)c2c1CCN2. The Hall–Kier alpha value is -1.84. The fourth-order valence-electron chi connectivity index (χ4n) is 2.55. The van der Waals surface area contributed by atoms with E-state index in [1.54, 1.807) is 12.1 Å². The molecule has 19 heavy (non-hydrogen) atoms. The Morgan fingerprint density at radius 3 is 2.53 bits per heavy atom. The molecule has 0 atom stereocenters. The number of halogens is 1. The lowest BCUT2D eigenvalue weighted by molar-refractivity contribution is 0.554. The van der Waals surface area contributed by atoms with E-state index in [0.717, 1.165) is 30.2 Å². The molecule has 2 heterocycles. The Kier molecular flexibility index (Phi) is 2.62. The van der Waals surface area contributed by atoms with Gasteiger partial charge in [0.05, 0.1) is 11.4 Å². The van der Waals surface area contributed by atoms with Crippen molar-refractivity contribution < 1.29 is 4.39 Å². The van der Waals surface area contributed by atoms with E-state index >= 15 is 0 Å². The molecule has 0 saturated carbocycles. The van der Waals surface area contributed by atoms with E-state index in [2.05, 4.69) is 26.1 Å². The molecule has 0 spiro atoms. The van der Waals surface area contributed by atoms with Gasteiger partial charge in [-0.3, -0.25) is 0 Å². The maximum Gasteiger partial charge on any atom is 0.133 e. The van der Waals surface area contributed by atoms with E-state index in [9.17, 15) is 4.39 Å². The molecule has 0 unspecified atom stereocenters. The monoisotopic (exact) mass is 259 g/mol. The summed E-state index contributed by atoms with van der Waals surface area (Å²) in [7, 11) is 0. The summed E-state index contributed by atoms with van der Waals surface area (Å²) in [5, 5.41) is 8.12. The van der Waals surface area contributed by atoms with E-state index < -0.39 is 0 Å². The van der Waals surface area contributed by atoms with Crippen molar-refractivity contribution >= 4 is 5.82 Å². The lowest BCUT2D eigenvalue weighted by atomic mass is 9.89. The van der Waals surface area contributed by atoms with Gasteiger partial charge in [0.25, 0.3) is 0 Å². The van der Waals surface area contributed by atoms with Crippen molar-refractivity contribution in [3.05, 3.63) is 41.3 Å². The standard InChI is InChI=1S/C15H18FN3/c1-15(2,3)13-12-8-9-17-14(12)19(18-13)11-6-4-10(16)5-7-11/h4-7,17H,8-9H2,1-3H3. The van der Waals surface area contributed by atoms with Crippen LogP contribution >= 0.6 is 0 Å². The van der Waals surface area contributed by atoms with E-state index in [4.69, 9.17) is 5.10 Å². The van der Waals surface area contributed by atoms with E-state index in [1.165, 1.54) is 17.7 Å². The molecule has 0 radical (unpaired) electrons. The number of nitrogens with one attached hydrogen (secondary N) is 1. The molecule has 3 nitrogen and oxygen atoms in total. The third-order valence-corrected chi connectivity index (χ3v) is 3.43. The van der Waals surface area contributed by atoms with Crippen LogP contribution in [0, 0.1) is 5.82 Å². The predicted molar refractivity (Wildman–Crippen MR) is 74.4 cm³/mol. The van der Waals surface area contributed by atoms with Crippen molar-refractivity contribution in [3.8, 4) is 5.69 Å². The summed E-state index contributed by atoms with van der Waals surface area (Å²) < 4.78 is 14.9. The van der Waals surface area contributed by atoms with Gasteiger partial charge in [0.1, 0.15) is 11.6 Å².